The standard InChI is InChI=1S/C16H18F3N3/c17-16(18,19)15-6-2-1-5-13(15)11-22-14(9-20)8-12-4-3-7-21-10-12/h1-7,10,14,22H,8-9,11,20H2. The zero-order valence-electron chi connectivity index (χ0n) is 12.0. The Morgan fingerprint density at radius 3 is 2.55 bits per heavy atom. The minimum atomic E-state index is -4.35. The first kappa shape index (κ1) is 16.5. The zero-order valence-corrected chi connectivity index (χ0v) is 12.0. The van der Waals surface area contributed by atoms with Gasteiger partial charge in [0.25, 0.3) is 0 Å². The van der Waals surface area contributed by atoms with E-state index in [4.69, 9.17) is 5.73 Å². The maximum atomic E-state index is 12.9. The number of hydrogen-bond acceptors (Lipinski definition) is 3. The Morgan fingerprint density at radius 1 is 1.14 bits per heavy atom. The summed E-state index contributed by atoms with van der Waals surface area (Å²) in [6.07, 6.45) is -0.319. The molecule has 3 nitrogen and oxygen atoms in total. The normalized spacial score (nSPS) is 13.1. The second-order valence-corrected chi connectivity index (χ2v) is 5.03. The lowest BCUT2D eigenvalue weighted by Gasteiger charge is -2.19. The van der Waals surface area contributed by atoms with Crippen LogP contribution in [0.4, 0.5) is 13.2 Å². The molecule has 1 heterocycles. The molecular formula is C16H18F3N3. The maximum absolute atomic E-state index is 12.9. The number of pyridine rings is 1. The van der Waals surface area contributed by atoms with Gasteiger partial charge in [-0.05, 0) is 29.7 Å². The Hall–Kier alpha value is -1.92. The van der Waals surface area contributed by atoms with Crippen LogP contribution in [0.25, 0.3) is 0 Å². The van der Waals surface area contributed by atoms with E-state index in [1.165, 1.54) is 12.1 Å². The van der Waals surface area contributed by atoms with Crippen LogP contribution in [0.15, 0.2) is 48.8 Å². The number of hydrogen-bond donors (Lipinski definition) is 2. The number of nitrogens with one attached hydrogen (secondary N) is 1. The van der Waals surface area contributed by atoms with Crippen LogP contribution >= 0.6 is 0 Å². The number of aromatic nitrogens is 1. The second-order valence-electron chi connectivity index (χ2n) is 5.03. The van der Waals surface area contributed by atoms with Gasteiger partial charge in [0, 0.05) is 31.5 Å². The highest BCUT2D eigenvalue weighted by atomic mass is 19.4. The predicted octanol–water partition coefficient (Wildman–Crippen LogP) is 2.76. The zero-order chi connectivity index (χ0) is 16.0. The van der Waals surface area contributed by atoms with Gasteiger partial charge in [0.1, 0.15) is 0 Å². The molecule has 118 valence electrons. The average Bonchev–Trinajstić information content (AvgIpc) is 2.52. The number of nitrogens with zero attached hydrogens (tertiary/aromatic N) is 1. The number of alkyl halides is 3. The largest absolute Gasteiger partial charge is 0.416 e. The summed E-state index contributed by atoms with van der Waals surface area (Å²) in [5.41, 5.74) is 6.31. The maximum Gasteiger partial charge on any atom is 0.416 e. The number of halogens is 3. The quantitative estimate of drug-likeness (QED) is 0.862. The molecule has 1 unspecified atom stereocenters. The van der Waals surface area contributed by atoms with E-state index in [0.717, 1.165) is 11.6 Å². The topological polar surface area (TPSA) is 50.9 Å². The van der Waals surface area contributed by atoms with E-state index in [2.05, 4.69) is 10.3 Å². The van der Waals surface area contributed by atoms with Crippen molar-refractivity contribution in [3.63, 3.8) is 0 Å². The summed E-state index contributed by atoms with van der Waals surface area (Å²) in [6.45, 7) is 0.459. The Labute approximate surface area is 127 Å². The van der Waals surface area contributed by atoms with Gasteiger partial charge >= 0.3 is 6.18 Å². The van der Waals surface area contributed by atoms with Gasteiger partial charge in [-0.25, -0.2) is 0 Å². The van der Waals surface area contributed by atoms with E-state index in [0.29, 0.717) is 13.0 Å². The fourth-order valence-electron chi connectivity index (χ4n) is 2.25. The minimum absolute atomic E-state index is 0.106. The van der Waals surface area contributed by atoms with Crippen LogP contribution in [-0.4, -0.2) is 17.6 Å². The van der Waals surface area contributed by atoms with Crippen LogP contribution < -0.4 is 11.1 Å². The molecular weight excluding hydrogens is 291 g/mol. The van der Waals surface area contributed by atoms with Gasteiger partial charge in [-0.15, -0.1) is 0 Å². The van der Waals surface area contributed by atoms with Gasteiger partial charge in [-0.1, -0.05) is 24.3 Å². The Kier molecular flexibility index (Phi) is 5.51. The molecule has 0 aliphatic carbocycles. The van der Waals surface area contributed by atoms with E-state index < -0.39 is 11.7 Å². The van der Waals surface area contributed by atoms with Gasteiger partial charge in [0.2, 0.25) is 0 Å². The first-order valence-corrected chi connectivity index (χ1v) is 6.98. The molecule has 2 aromatic rings. The lowest BCUT2D eigenvalue weighted by atomic mass is 10.0. The number of benzene rings is 1. The number of nitrogens with two attached hydrogens (primary N) is 1. The molecule has 0 saturated heterocycles. The first-order chi connectivity index (χ1) is 10.5. The molecule has 3 N–H and O–H groups in total. The third-order valence-electron chi connectivity index (χ3n) is 3.39. The fourth-order valence-corrected chi connectivity index (χ4v) is 2.25. The van der Waals surface area contributed by atoms with Crippen molar-refractivity contribution in [2.45, 2.75) is 25.2 Å². The lowest BCUT2D eigenvalue weighted by Crippen LogP contribution is -2.37. The van der Waals surface area contributed by atoms with E-state index in [1.807, 2.05) is 12.1 Å². The van der Waals surface area contributed by atoms with Crippen LogP contribution in [0.1, 0.15) is 16.7 Å². The molecule has 0 aliphatic rings. The first-order valence-electron chi connectivity index (χ1n) is 6.98. The fraction of sp³-hybridized carbons (Fsp3) is 0.312. The van der Waals surface area contributed by atoms with Gasteiger partial charge in [-0.2, -0.15) is 13.2 Å². The van der Waals surface area contributed by atoms with Gasteiger partial charge < -0.3 is 11.1 Å². The minimum Gasteiger partial charge on any atom is -0.329 e. The van der Waals surface area contributed by atoms with Crippen LogP contribution in [0.3, 0.4) is 0 Å². The molecule has 0 radical (unpaired) electrons. The van der Waals surface area contributed by atoms with Crippen molar-refractivity contribution in [1.82, 2.24) is 10.3 Å². The molecule has 6 heteroatoms. The highest BCUT2D eigenvalue weighted by Crippen LogP contribution is 2.31. The molecule has 0 spiro atoms. The smallest absolute Gasteiger partial charge is 0.329 e. The van der Waals surface area contributed by atoms with Crippen LogP contribution in [-0.2, 0) is 19.1 Å². The summed E-state index contributed by atoms with van der Waals surface area (Å²) in [5, 5.41) is 3.09. The molecule has 0 bridgehead atoms. The van der Waals surface area contributed by atoms with Crippen LogP contribution in [0.5, 0.6) is 0 Å². The van der Waals surface area contributed by atoms with Crippen molar-refractivity contribution in [3.05, 3.63) is 65.5 Å². The third-order valence-corrected chi connectivity index (χ3v) is 3.39. The van der Waals surface area contributed by atoms with E-state index in [1.54, 1.807) is 18.5 Å². The molecule has 1 aromatic carbocycles. The van der Waals surface area contributed by atoms with Crippen molar-refractivity contribution in [2.75, 3.05) is 6.54 Å². The molecule has 1 atom stereocenters. The molecule has 0 fully saturated rings. The van der Waals surface area contributed by atoms with Crippen LogP contribution in [0, 0.1) is 0 Å². The van der Waals surface area contributed by atoms with E-state index in [9.17, 15) is 13.2 Å². The average molecular weight is 309 g/mol. The lowest BCUT2D eigenvalue weighted by molar-refractivity contribution is -0.138. The predicted molar refractivity (Wildman–Crippen MR) is 79.1 cm³/mol. The Balaban J connectivity index is 2.02. The van der Waals surface area contributed by atoms with Gasteiger partial charge in [-0.3, -0.25) is 4.98 Å². The number of rotatable bonds is 6. The molecule has 2 rings (SSSR count). The van der Waals surface area contributed by atoms with Crippen molar-refractivity contribution in [2.24, 2.45) is 5.73 Å². The Morgan fingerprint density at radius 2 is 1.91 bits per heavy atom. The second kappa shape index (κ2) is 7.38. The summed E-state index contributed by atoms with van der Waals surface area (Å²) in [5.74, 6) is 0. The van der Waals surface area contributed by atoms with Gasteiger partial charge in [0.05, 0.1) is 5.56 Å². The molecule has 22 heavy (non-hydrogen) atoms. The highest BCUT2D eigenvalue weighted by molar-refractivity contribution is 5.29. The summed E-state index contributed by atoms with van der Waals surface area (Å²) >= 11 is 0. The van der Waals surface area contributed by atoms with E-state index >= 15 is 0 Å². The van der Waals surface area contributed by atoms with Crippen molar-refractivity contribution in [3.8, 4) is 0 Å². The van der Waals surface area contributed by atoms with Crippen molar-refractivity contribution < 1.29 is 13.2 Å². The molecule has 0 saturated carbocycles. The summed E-state index contributed by atoms with van der Waals surface area (Å²) in [4.78, 5) is 4.02. The summed E-state index contributed by atoms with van der Waals surface area (Å²) in [7, 11) is 0. The van der Waals surface area contributed by atoms with Crippen molar-refractivity contribution in [1.29, 1.82) is 0 Å². The summed E-state index contributed by atoms with van der Waals surface area (Å²) in [6, 6.07) is 9.20. The van der Waals surface area contributed by atoms with Crippen molar-refractivity contribution >= 4 is 0 Å². The van der Waals surface area contributed by atoms with Gasteiger partial charge in [0.15, 0.2) is 0 Å². The van der Waals surface area contributed by atoms with E-state index in [-0.39, 0.29) is 18.2 Å². The SMILES string of the molecule is NCC(Cc1cccnc1)NCc1ccccc1C(F)(F)F. The summed E-state index contributed by atoms with van der Waals surface area (Å²) < 4.78 is 38.8. The molecule has 0 amide bonds. The Bertz CT molecular complexity index is 585. The van der Waals surface area contributed by atoms with Crippen LogP contribution in [0.2, 0.25) is 0 Å². The molecule has 1 aromatic heterocycles. The third kappa shape index (κ3) is 4.54. The highest BCUT2D eigenvalue weighted by Gasteiger charge is 2.32. The molecule has 0 aliphatic heterocycles. The monoisotopic (exact) mass is 309 g/mol.